The van der Waals surface area contributed by atoms with E-state index in [0.29, 0.717) is 6.04 Å². The van der Waals surface area contributed by atoms with Gasteiger partial charge in [-0.3, -0.25) is 0 Å². The first-order chi connectivity index (χ1) is 10.1. The fraction of sp³-hybridized carbons (Fsp3) is 0.278. The SMILES string of the molecule is Cc1ccc(NC(=S)N2c3ccccc3CC2C)cc1C. The van der Waals surface area contributed by atoms with Crippen LogP contribution in [0.5, 0.6) is 0 Å². The highest BCUT2D eigenvalue weighted by molar-refractivity contribution is 7.80. The minimum absolute atomic E-state index is 0.397. The molecular formula is C18H20N2S. The molecule has 108 valence electrons. The lowest BCUT2D eigenvalue weighted by atomic mass is 10.1. The van der Waals surface area contributed by atoms with E-state index in [1.54, 1.807) is 0 Å². The first-order valence-corrected chi connectivity index (χ1v) is 7.72. The molecule has 1 heterocycles. The Balaban J connectivity index is 1.84. The number of nitrogens with one attached hydrogen (secondary N) is 1. The Kier molecular flexibility index (Phi) is 3.68. The number of rotatable bonds is 1. The van der Waals surface area contributed by atoms with Crippen molar-refractivity contribution in [2.24, 2.45) is 0 Å². The van der Waals surface area contributed by atoms with Gasteiger partial charge in [0.05, 0.1) is 0 Å². The van der Waals surface area contributed by atoms with Gasteiger partial charge in [-0.1, -0.05) is 24.3 Å². The minimum Gasteiger partial charge on any atom is -0.332 e. The molecule has 0 saturated heterocycles. The monoisotopic (exact) mass is 296 g/mol. The first kappa shape index (κ1) is 14.1. The van der Waals surface area contributed by atoms with Crippen molar-refractivity contribution < 1.29 is 0 Å². The highest BCUT2D eigenvalue weighted by Gasteiger charge is 2.28. The summed E-state index contributed by atoms with van der Waals surface area (Å²) in [5.41, 5.74) is 6.23. The van der Waals surface area contributed by atoms with E-state index in [4.69, 9.17) is 12.2 Å². The third kappa shape index (κ3) is 2.66. The second-order valence-electron chi connectivity index (χ2n) is 5.78. The summed E-state index contributed by atoms with van der Waals surface area (Å²) >= 11 is 5.64. The van der Waals surface area contributed by atoms with Crippen molar-refractivity contribution in [3.8, 4) is 0 Å². The highest BCUT2D eigenvalue weighted by Crippen LogP contribution is 2.32. The highest BCUT2D eigenvalue weighted by atomic mass is 32.1. The van der Waals surface area contributed by atoms with Crippen LogP contribution in [0.15, 0.2) is 42.5 Å². The fourth-order valence-corrected chi connectivity index (χ4v) is 3.27. The number of anilines is 2. The molecule has 0 saturated carbocycles. The van der Waals surface area contributed by atoms with Gasteiger partial charge in [-0.05, 0) is 74.3 Å². The van der Waals surface area contributed by atoms with Crippen LogP contribution in [0, 0.1) is 13.8 Å². The van der Waals surface area contributed by atoms with Gasteiger partial charge < -0.3 is 10.2 Å². The topological polar surface area (TPSA) is 15.3 Å². The molecule has 0 bridgehead atoms. The number of hydrogen-bond acceptors (Lipinski definition) is 1. The lowest BCUT2D eigenvalue weighted by molar-refractivity contribution is 0.776. The molecule has 0 fully saturated rings. The third-order valence-corrected chi connectivity index (χ3v) is 4.48. The van der Waals surface area contributed by atoms with Gasteiger partial charge in [-0.2, -0.15) is 0 Å². The Morgan fingerprint density at radius 1 is 1.14 bits per heavy atom. The third-order valence-electron chi connectivity index (χ3n) is 4.18. The standard InChI is InChI=1S/C18H20N2S/c1-12-8-9-16(10-13(12)2)19-18(21)20-14(3)11-15-6-4-5-7-17(15)20/h4-10,14H,11H2,1-3H3,(H,19,21). The van der Waals surface area contributed by atoms with Crippen LogP contribution < -0.4 is 10.2 Å². The van der Waals surface area contributed by atoms with E-state index in [0.717, 1.165) is 17.2 Å². The second-order valence-corrected chi connectivity index (χ2v) is 6.17. The van der Waals surface area contributed by atoms with Crippen LogP contribution in [0.2, 0.25) is 0 Å². The van der Waals surface area contributed by atoms with Crippen LogP contribution in [0.1, 0.15) is 23.6 Å². The molecule has 2 nitrogen and oxygen atoms in total. The molecule has 2 aromatic carbocycles. The maximum atomic E-state index is 5.64. The van der Waals surface area contributed by atoms with E-state index in [1.165, 1.54) is 22.4 Å². The largest absolute Gasteiger partial charge is 0.332 e. The summed E-state index contributed by atoms with van der Waals surface area (Å²) in [7, 11) is 0. The van der Waals surface area contributed by atoms with E-state index in [9.17, 15) is 0 Å². The molecule has 1 aliphatic heterocycles. The van der Waals surface area contributed by atoms with Crippen LogP contribution in [0.4, 0.5) is 11.4 Å². The Bertz CT molecular complexity index is 693. The van der Waals surface area contributed by atoms with Gasteiger partial charge in [0.2, 0.25) is 0 Å². The van der Waals surface area contributed by atoms with Crippen molar-refractivity contribution in [3.05, 3.63) is 59.2 Å². The van der Waals surface area contributed by atoms with Gasteiger partial charge in [-0.25, -0.2) is 0 Å². The Labute approximate surface area is 131 Å². The molecule has 1 aliphatic rings. The number of aryl methyl sites for hydroxylation is 2. The molecule has 0 spiro atoms. The molecule has 2 aromatic rings. The molecular weight excluding hydrogens is 276 g/mol. The van der Waals surface area contributed by atoms with Gasteiger partial charge in [0, 0.05) is 17.4 Å². The summed E-state index contributed by atoms with van der Waals surface area (Å²) in [5, 5.41) is 4.15. The Morgan fingerprint density at radius 2 is 1.90 bits per heavy atom. The molecule has 0 aliphatic carbocycles. The molecule has 1 unspecified atom stereocenters. The van der Waals surface area contributed by atoms with E-state index in [-0.39, 0.29) is 0 Å². The van der Waals surface area contributed by atoms with E-state index in [1.807, 2.05) is 0 Å². The summed E-state index contributed by atoms with van der Waals surface area (Å²) in [6.07, 6.45) is 1.05. The summed E-state index contributed by atoms with van der Waals surface area (Å²) < 4.78 is 0. The van der Waals surface area contributed by atoms with Gasteiger partial charge in [0.25, 0.3) is 0 Å². The minimum atomic E-state index is 0.397. The predicted octanol–water partition coefficient (Wildman–Crippen LogP) is 4.45. The van der Waals surface area contributed by atoms with Crippen molar-refractivity contribution in [2.75, 3.05) is 10.2 Å². The zero-order valence-electron chi connectivity index (χ0n) is 12.7. The van der Waals surface area contributed by atoms with Gasteiger partial charge in [-0.15, -0.1) is 0 Å². The van der Waals surface area contributed by atoms with Crippen LogP contribution in [-0.2, 0) is 6.42 Å². The normalized spacial score (nSPS) is 16.7. The zero-order chi connectivity index (χ0) is 15.0. The van der Waals surface area contributed by atoms with Crippen molar-refractivity contribution >= 4 is 28.7 Å². The maximum Gasteiger partial charge on any atom is 0.178 e. The van der Waals surface area contributed by atoms with E-state index in [2.05, 4.69) is 73.5 Å². The molecule has 21 heavy (non-hydrogen) atoms. The predicted molar refractivity (Wildman–Crippen MR) is 94.2 cm³/mol. The van der Waals surface area contributed by atoms with Crippen LogP contribution >= 0.6 is 12.2 Å². The first-order valence-electron chi connectivity index (χ1n) is 7.31. The fourth-order valence-electron chi connectivity index (χ4n) is 2.88. The molecule has 1 atom stereocenters. The number of fused-ring (bicyclic) bond motifs is 1. The molecule has 3 rings (SSSR count). The molecule has 0 aromatic heterocycles. The van der Waals surface area contributed by atoms with Gasteiger partial charge >= 0.3 is 0 Å². The molecule has 3 heteroatoms. The number of benzene rings is 2. The van der Waals surface area contributed by atoms with Crippen molar-refractivity contribution in [1.82, 2.24) is 0 Å². The van der Waals surface area contributed by atoms with Crippen molar-refractivity contribution in [3.63, 3.8) is 0 Å². The zero-order valence-corrected chi connectivity index (χ0v) is 13.5. The van der Waals surface area contributed by atoms with Crippen molar-refractivity contribution in [1.29, 1.82) is 0 Å². The summed E-state index contributed by atoms with van der Waals surface area (Å²) in [4.78, 5) is 2.22. The average Bonchev–Trinajstić information content (AvgIpc) is 2.78. The average molecular weight is 296 g/mol. The van der Waals surface area contributed by atoms with Gasteiger partial charge in [0.1, 0.15) is 0 Å². The smallest absolute Gasteiger partial charge is 0.178 e. The van der Waals surface area contributed by atoms with Crippen molar-refractivity contribution in [2.45, 2.75) is 33.2 Å². The number of hydrogen-bond donors (Lipinski definition) is 1. The Hall–Kier alpha value is -1.87. The molecule has 0 amide bonds. The summed E-state index contributed by atoms with van der Waals surface area (Å²) in [5.74, 6) is 0. The summed E-state index contributed by atoms with van der Waals surface area (Å²) in [6.45, 7) is 6.46. The maximum absolute atomic E-state index is 5.64. The van der Waals surface area contributed by atoms with E-state index >= 15 is 0 Å². The summed E-state index contributed by atoms with van der Waals surface area (Å²) in [6, 6.07) is 15.3. The molecule has 0 radical (unpaired) electrons. The number of thiocarbonyl (C=S) groups is 1. The number of para-hydroxylation sites is 1. The Morgan fingerprint density at radius 3 is 2.67 bits per heavy atom. The quantitative estimate of drug-likeness (QED) is 0.783. The second kappa shape index (κ2) is 5.49. The van der Waals surface area contributed by atoms with E-state index < -0.39 is 0 Å². The van der Waals surface area contributed by atoms with Gasteiger partial charge in [0.15, 0.2) is 5.11 Å². The molecule has 1 N–H and O–H groups in total. The van der Waals surface area contributed by atoms with Crippen LogP contribution in [-0.4, -0.2) is 11.2 Å². The lowest BCUT2D eigenvalue weighted by Gasteiger charge is -2.26. The van der Waals surface area contributed by atoms with Crippen LogP contribution in [0.3, 0.4) is 0 Å². The lowest BCUT2D eigenvalue weighted by Crippen LogP contribution is -2.38. The number of nitrogens with zero attached hydrogens (tertiary/aromatic N) is 1. The van der Waals surface area contributed by atoms with Crippen LogP contribution in [0.25, 0.3) is 0 Å².